The Balaban J connectivity index is 3.12. The standard InChI is InChI=1S/C11H20FNOS2/c1-5-6-16(4,13)10-8(12)7-9(15-10)11(2,3)14/h7,14H,5-6,13H2,1-4H3. The van der Waals surface area contributed by atoms with Crippen LogP contribution in [-0.4, -0.2) is 17.1 Å². The SMILES string of the molecule is CCCS(C)(N)c1sc(C(C)(C)O)cc1F. The number of aliphatic hydroxyl groups is 1. The van der Waals surface area contributed by atoms with Crippen LogP contribution in [0.3, 0.4) is 0 Å². The lowest BCUT2D eigenvalue weighted by atomic mass is 10.1. The average Bonchev–Trinajstić information content (AvgIpc) is 2.46. The summed E-state index contributed by atoms with van der Waals surface area (Å²) in [6, 6.07) is 1.41. The molecule has 0 spiro atoms. The number of halogens is 1. The highest BCUT2D eigenvalue weighted by Crippen LogP contribution is 2.51. The summed E-state index contributed by atoms with van der Waals surface area (Å²) in [6.07, 6.45) is 2.86. The van der Waals surface area contributed by atoms with Gasteiger partial charge in [0.2, 0.25) is 0 Å². The summed E-state index contributed by atoms with van der Waals surface area (Å²) in [4.78, 5) is 0.639. The van der Waals surface area contributed by atoms with Crippen LogP contribution in [0.1, 0.15) is 32.1 Å². The van der Waals surface area contributed by atoms with Gasteiger partial charge >= 0.3 is 0 Å². The van der Waals surface area contributed by atoms with Crippen LogP contribution in [0.2, 0.25) is 0 Å². The van der Waals surface area contributed by atoms with E-state index in [4.69, 9.17) is 5.14 Å². The smallest absolute Gasteiger partial charge is 0.147 e. The Bertz CT molecular complexity index is 369. The Morgan fingerprint density at radius 1 is 1.56 bits per heavy atom. The van der Waals surface area contributed by atoms with E-state index < -0.39 is 15.8 Å². The van der Waals surface area contributed by atoms with E-state index in [1.165, 1.54) is 17.4 Å². The molecule has 16 heavy (non-hydrogen) atoms. The maximum Gasteiger partial charge on any atom is 0.147 e. The fourth-order valence-electron chi connectivity index (χ4n) is 1.49. The predicted molar refractivity (Wildman–Crippen MR) is 70.6 cm³/mol. The maximum absolute atomic E-state index is 13.8. The lowest BCUT2D eigenvalue weighted by Crippen LogP contribution is -2.13. The summed E-state index contributed by atoms with van der Waals surface area (Å²) in [5.74, 6) is 0.547. The van der Waals surface area contributed by atoms with E-state index >= 15 is 0 Å². The van der Waals surface area contributed by atoms with Gasteiger partial charge in [-0.3, -0.25) is 5.14 Å². The first-order valence-electron chi connectivity index (χ1n) is 5.24. The minimum atomic E-state index is -1.55. The molecule has 1 rings (SSSR count). The van der Waals surface area contributed by atoms with Crippen molar-refractivity contribution in [3.8, 4) is 0 Å². The van der Waals surface area contributed by atoms with Crippen LogP contribution < -0.4 is 5.14 Å². The molecule has 0 amide bonds. The third-order valence-corrected chi connectivity index (χ3v) is 7.22. The molecule has 0 aliphatic rings. The van der Waals surface area contributed by atoms with Crippen LogP contribution >= 0.6 is 21.6 Å². The summed E-state index contributed by atoms with van der Waals surface area (Å²) in [5, 5.41) is 16.0. The molecule has 94 valence electrons. The molecule has 0 fully saturated rings. The molecule has 0 saturated heterocycles. The van der Waals surface area contributed by atoms with Gasteiger partial charge in [-0.1, -0.05) is 6.92 Å². The Hall–Kier alpha value is -0.100. The molecular weight excluding hydrogens is 245 g/mol. The van der Waals surface area contributed by atoms with Crippen LogP contribution in [0.25, 0.3) is 0 Å². The third-order valence-electron chi connectivity index (χ3n) is 2.31. The van der Waals surface area contributed by atoms with E-state index in [1.54, 1.807) is 13.8 Å². The Labute approximate surface area is 102 Å². The van der Waals surface area contributed by atoms with Crippen molar-refractivity contribution in [3.63, 3.8) is 0 Å². The van der Waals surface area contributed by atoms with E-state index in [2.05, 4.69) is 0 Å². The van der Waals surface area contributed by atoms with E-state index in [0.717, 1.165) is 12.2 Å². The monoisotopic (exact) mass is 265 g/mol. The molecule has 1 aromatic rings. The first kappa shape index (κ1) is 14.0. The summed E-state index contributed by atoms with van der Waals surface area (Å²) in [6.45, 7) is 5.36. The van der Waals surface area contributed by atoms with Crippen molar-refractivity contribution in [1.82, 2.24) is 0 Å². The molecule has 0 bridgehead atoms. The summed E-state index contributed by atoms with van der Waals surface area (Å²) in [5.41, 5.74) is -0.995. The molecule has 5 heteroatoms. The van der Waals surface area contributed by atoms with Crippen LogP contribution in [0.5, 0.6) is 0 Å². The molecule has 0 radical (unpaired) electrons. The topological polar surface area (TPSA) is 46.2 Å². The Morgan fingerprint density at radius 2 is 2.12 bits per heavy atom. The highest BCUT2D eigenvalue weighted by molar-refractivity contribution is 8.32. The number of nitrogens with two attached hydrogens (primary N) is 1. The van der Waals surface area contributed by atoms with Crippen molar-refractivity contribution in [2.45, 2.75) is 37.0 Å². The average molecular weight is 265 g/mol. The largest absolute Gasteiger partial charge is 0.385 e. The number of hydrogen-bond donors (Lipinski definition) is 2. The second-order valence-corrected chi connectivity index (χ2v) is 9.11. The summed E-state index contributed by atoms with van der Waals surface area (Å²) < 4.78 is 14.4. The molecule has 2 nitrogen and oxygen atoms in total. The second kappa shape index (κ2) is 4.64. The molecular formula is C11H20FNOS2. The normalized spacial score (nSPS) is 18.2. The van der Waals surface area contributed by atoms with Gasteiger partial charge in [0.25, 0.3) is 0 Å². The molecule has 1 heterocycles. The van der Waals surface area contributed by atoms with Gasteiger partial charge in [0.05, 0.1) is 9.81 Å². The van der Waals surface area contributed by atoms with Gasteiger partial charge in [-0.15, -0.1) is 11.3 Å². The van der Waals surface area contributed by atoms with Gasteiger partial charge < -0.3 is 5.11 Å². The van der Waals surface area contributed by atoms with Crippen LogP contribution in [0, 0.1) is 5.82 Å². The minimum absolute atomic E-state index is 0.268. The highest BCUT2D eigenvalue weighted by Gasteiger charge is 2.27. The second-order valence-electron chi connectivity index (χ2n) is 4.67. The van der Waals surface area contributed by atoms with Crippen molar-refractivity contribution in [2.75, 3.05) is 12.0 Å². The molecule has 0 aliphatic carbocycles. The molecule has 3 N–H and O–H groups in total. The number of hydrogen-bond acceptors (Lipinski definition) is 3. The van der Waals surface area contributed by atoms with Crippen molar-refractivity contribution in [1.29, 1.82) is 0 Å². The van der Waals surface area contributed by atoms with Crippen molar-refractivity contribution in [3.05, 3.63) is 16.8 Å². The first-order chi connectivity index (χ1) is 7.18. The predicted octanol–water partition coefficient (Wildman–Crippen LogP) is 3.19. The van der Waals surface area contributed by atoms with Gasteiger partial charge in [-0.25, -0.2) is 4.39 Å². The van der Waals surface area contributed by atoms with E-state index in [1.807, 2.05) is 13.2 Å². The zero-order chi connectivity index (χ0) is 12.6. The third kappa shape index (κ3) is 2.97. The molecule has 0 aliphatic heterocycles. The van der Waals surface area contributed by atoms with E-state index in [-0.39, 0.29) is 5.82 Å². The molecule has 0 saturated carbocycles. The first-order valence-corrected chi connectivity index (χ1v) is 8.33. The minimum Gasteiger partial charge on any atom is -0.385 e. The molecule has 1 aromatic heterocycles. The molecule has 0 aromatic carbocycles. The number of rotatable bonds is 4. The lowest BCUT2D eigenvalue weighted by molar-refractivity contribution is 0.0823. The molecule has 1 atom stereocenters. The maximum atomic E-state index is 13.8. The fraction of sp³-hybridized carbons (Fsp3) is 0.636. The Kier molecular flexibility index (Phi) is 4.05. The fourth-order valence-corrected chi connectivity index (χ4v) is 5.08. The van der Waals surface area contributed by atoms with E-state index in [9.17, 15) is 9.50 Å². The zero-order valence-corrected chi connectivity index (χ0v) is 11.8. The van der Waals surface area contributed by atoms with Crippen LogP contribution in [0.15, 0.2) is 10.3 Å². The van der Waals surface area contributed by atoms with Crippen molar-refractivity contribution >= 4 is 21.6 Å². The molecule has 1 unspecified atom stereocenters. The van der Waals surface area contributed by atoms with Crippen molar-refractivity contribution in [2.24, 2.45) is 5.14 Å². The van der Waals surface area contributed by atoms with Gasteiger partial charge in [0.15, 0.2) is 0 Å². The Morgan fingerprint density at radius 3 is 2.50 bits per heavy atom. The summed E-state index contributed by atoms with van der Waals surface area (Å²) >= 11 is 1.30. The van der Waals surface area contributed by atoms with Gasteiger partial charge in [0, 0.05) is 4.88 Å². The quantitative estimate of drug-likeness (QED) is 0.878. The van der Waals surface area contributed by atoms with Gasteiger partial charge in [0.1, 0.15) is 5.82 Å². The summed E-state index contributed by atoms with van der Waals surface area (Å²) in [7, 11) is -1.55. The van der Waals surface area contributed by atoms with Gasteiger partial charge in [-0.2, -0.15) is 10.2 Å². The lowest BCUT2D eigenvalue weighted by Gasteiger charge is -2.29. The van der Waals surface area contributed by atoms with Crippen LogP contribution in [-0.2, 0) is 5.60 Å². The number of thiophene rings is 1. The van der Waals surface area contributed by atoms with Crippen LogP contribution in [0.4, 0.5) is 4.39 Å². The van der Waals surface area contributed by atoms with Gasteiger partial charge in [-0.05, 0) is 38.3 Å². The highest BCUT2D eigenvalue weighted by atomic mass is 32.3. The van der Waals surface area contributed by atoms with E-state index in [0.29, 0.717) is 9.09 Å². The van der Waals surface area contributed by atoms with Crippen molar-refractivity contribution < 1.29 is 9.50 Å². The zero-order valence-electron chi connectivity index (χ0n) is 10.2.